The number of hydrogen-bond acceptors (Lipinski definition) is 4. The van der Waals surface area contributed by atoms with Crippen molar-refractivity contribution in [2.24, 2.45) is 0 Å². The molecular weight excluding hydrogens is 397 g/mol. The molecule has 2 aromatic carbocycles. The minimum absolute atomic E-state index is 0.241. The van der Waals surface area contributed by atoms with E-state index in [-0.39, 0.29) is 12.1 Å². The van der Waals surface area contributed by atoms with Crippen molar-refractivity contribution < 1.29 is 9.53 Å². The molecule has 0 bridgehead atoms. The van der Waals surface area contributed by atoms with Crippen molar-refractivity contribution in [3.05, 3.63) is 69.3 Å². The summed E-state index contributed by atoms with van der Waals surface area (Å²) in [5, 5.41) is 4.26. The first-order valence-corrected chi connectivity index (χ1v) is 9.73. The molecule has 5 nitrogen and oxygen atoms in total. The van der Waals surface area contributed by atoms with Gasteiger partial charge in [-0.3, -0.25) is 4.57 Å². The Morgan fingerprint density at radius 2 is 1.96 bits per heavy atom. The predicted molar refractivity (Wildman–Crippen MR) is 112 cm³/mol. The first kappa shape index (κ1) is 18.8. The third-order valence-electron chi connectivity index (χ3n) is 4.65. The molecular formula is C21H19Cl2N3O2. The van der Waals surface area contributed by atoms with Gasteiger partial charge in [-0.15, -0.1) is 0 Å². The molecule has 1 N–H and O–H groups in total. The zero-order chi connectivity index (χ0) is 20.0. The summed E-state index contributed by atoms with van der Waals surface area (Å²) in [5.41, 5.74) is 3.65. The predicted octanol–water partition coefficient (Wildman–Crippen LogP) is 5.58. The van der Waals surface area contributed by atoms with E-state index in [1.54, 1.807) is 12.1 Å². The lowest BCUT2D eigenvalue weighted by Gasteiger charge is -2.31. The van der Waals surface area contributed by atoms with E-state index in [0.29, 0.717) is 27.3 Å². The number of benzene rings is 2. The van der Waals surface area contributed by atoms with Crippen LogP contribution in [0.15, 0.2) is 53.7 Å². The van der Waals surface area contributed by atoms with Crippen molar-refractivity contribution in [2.45, 2.75) is 32.9 Å². The number of halogens is 2. The van der Waals surface area contributed by atoms with Crippen LogP contribution in [0, 0.1) is 0 Å². The van der Waals surface area contributed by atoms with Gasteiger partial charge < -0.3 is 10.1 Å². The lowest BCUT2D eigenvalue weighted by molar-refractivity contribution is -0.143. The van der Waals surface area contributed by atoms with Gasteiger partial charge in [-0.1, -0.05) is 41.4 Å². The Hall–Kier alpha value is -2.50. The van der Waals surface area contributed by atoms with E-state index in [1.807, 2.05) is 55.7 Å². The fourth-order valence-electron chi connectivity index (χ4n) is 3.52. The Bertz CT molecular complexity index is 1120. The Labute approximate surface area is 172 Å². The molecule has 0 unspecified atom stereocenters. The molecule has 0 spiro atoms. The summed E-state index contributed by atoms with van der Waals surface area (Å²) in [4.78, 5) is 17.7. The Morgan fingerprint density at radius 3 is 2.68 bits per heavy atom. The quantitative estimate of drug-likeness (QED) is 0.566. The van der Waals surface area contributed by atoms with Crippen molar-refractivity contribution in [3.8, 4) is 0 Å². The standard InChI is InChI=1S/C21H19Cl2N3O2/c1-11(2)28-20(27)18-12(3)24-21-25-16-6-4-5-7-17(16)26(21)19(18)14-9-8-13(22)10-15(14)23/h4-11,19H,1-3H3,(H,24,25)/t19-/m1/s1. The van der Waals surface area contributed by atoms with Gasteiger partial charge in [-0.05, 0) is 50.6 Å². The first-order valence-electron chi connectivity index (χ1n) is 8.97. The van der Waals surface area contributed by atoms with Crippen molar-refractivity contribution in [3.63, 3.8) is 0 Å². The van der Waals surface area contributed by atoms with Crippen LogP contribution in [0.25, 0.3) is 11.0 Å². The molecule has 144 valence electrons. The number of nitrogens with one attached hydrogen (secondary N) is 1. The summed E-state index contributed by atoms with van der Waals surface area (Å²) in [7, 11) is 0. The number of imidazole rings is 1. The van der Waals surface area contributed by atoms with Crippen LogP contribution >= 0.6 is 23.2 Å². The number of nitrogens with zero attached hydrogens (tertiary/aromatic N) is 2. The average molecular weight is 416 g/mol. The summed E-state index contributed by atoms with van der Waals surface area (Å²) >= 11 is 12.7. The number of allylic oxidation sites excluding steroid dienone is 1. The molecule has 1 aromatic heterocycles. The number of esters is 1. The molecule has 7 heteroatoms. The van der Waals surface area contributed by atoms with Crippen molar-refractivity contribution in [1.82, 2.24) is 9.55 Å². The fraction of sp³-hybridized carbons (Fsp3) is 0.238. The monoisotopic (exact) mass is 415 g/mol. The smallest absolute Gasteiger partial charge is 0.338 e. The Balaban J connectivity index is 1.99. The molecule has 0 saturated carbocycles. The highest BCUT2D eigenvalue weighted by molar-refractivity contribution is 6.35. The van der Waals surface area contributed by atoms with Gasteiger partial charge in [0.25, 0.3) is 0 Å². The molecule has 2 heterocycles. The van der Waals surface area contributed by atoms with Crippen LogP contribution in [0.1, 0.15) is 32.4 Å². The molecule has 0 radical (unpaired) electrons. The summed E-state index contributed by atoms with van der Waals surface area (Å²) in [6.07, 6.45) is -0.241. The third kappa shape index (κ3) is 3.15. The molecule has 28 heavy (non-hydrogen) atoms. The van der Waals surface area contributed by atoms with E-state index in [2.05, 4.69) is 10.3 Å². The van der Waals surface area contributed by atoms with Crippen LogP contribution in [-0.2, 0) is 9.53 Å². The van der Waals surface area contributed by atoms with Crippen LogP contribution in [0.4, 0.5) is 5.95 Å². The summed E-state index contributed by atoms with van der Waals surface area (Å²) < 4.78 is 7.52. The molecule has 1 atom stereocenters. The molecule has 3 aromatic rings. The second-order valence-corrected chi connectivity index (χ2v) is 7.82. The van der Waals surface area contributed by atoms with E-state index < -0.39 is 6.04 Å². The largest absolute Gasteiger partial charge is 0.459 e. The van der Waals surface area contributed by atoms with Crippen LogP contribution in [-0.4, -0.2) is 21.6 Å². The number of aromatic nitrogens is 2. The highest BCUT2D eigenvalue weighted by atomic mass is 35.5. The lowest BCUT2D eigenvalue weighted by atomic mass is 9.95. The Morgan fingerprint density at radius 1 is 1.21 bits per heavy atom. The van der Waals surface area contributed by atoms with Gasteiger partial charge in [0.05, 0.1) is 28.8 Å². The zero-order valence-electron chi connectivity index (χ0n) is 15.7. The average Bonchev–Trinajstić information content (AvgIpc) is 2.98. The van der Waals surface area contributed by atoms with E-state index in [1.165, 1.54) is 0 Å². The van der Waals surface area contributed by atoms with Gasteiger partial charge in [0.15, 0.2) is 0 Å². The Kier molecular flexibility index (Phi) is 4.81. The molecule has 0 fully saturated rings. The van der Waals surface area contributed by atoms with Gasteiger partial charge in [0.1, 0.15) is 0 Å². The number of carbonyl (C=O) groups excluding carboxylic acids is 1. The number of ether oxygens (including phenoxy) is 1. The molecule has 0 saturated heterocycles. The minimum Gasteiger partial charge on any atom is -0.459 e. The zero-order valence-corrected chi connectivity index (χ0v) is 17.2. The first-order chi connectivity index (χ1) is 13.4. The van der Waals surface area contributed by atoms with Crippen molar-refractivity contribution >= 4 is 46.2 Å². The van der Waals surface area contributed by atoms with E-state index in [9.17, 15) is 4.79 Å². The summed E-state index contributed by atoms with van der Waals surface area (Å²) in [6.45, 7) is 5.50. The van der Waals surface area contributed by atoms with Crippen LogP contribution < -0.4 is 5.32 Å². The number of fused-ring (bicyclic) bond motifs is 3. The van der Waals surface area contributed by atoms with Crippen LogP contribution in [0.3, 0.4) is 0 Å². The van der Waals surface area contributed by atoms with E-state index in [4.69, 9.17) is 27.9 Å². The van der Waals surface area contributed by atoms with Crippen molar-refractivity contribution in [2.75, 3.05) is 5.32 Å². The minimum atomic E-state index is -0.486. The fourth-order valence-corrected chi connectivity index (χ4v) is 4.04. The number of para-hydroxylation sites is 2. The maximum atomic E-state index is 13.0. The van der Waals surface area contributed by atoms with Gasteiger partial charge in [-0.25, -0.2) is 9.78 Å². The second kappa shape index (κ2) is 7.15. The van der Waals surface area contributed by atoms with E-state index in [0.717, 1.165) is 16.6 Å². The topological polar surface area (TPSA) is 56.2 Å². The highest BCUT2D eigenvalue weighted by Crippen LogP contribution is 2.42. The number of anilines is 1. The molecule has 0 amide bonds. The van der Waals surface area contributed by atoms with Crippen LogP contribution in [0.5, 0.6) is 0 Å². The normalized spacial score (nSPS) is 16.3. The van der Waals surface area contributed by atoms with Gasteiger partial charge in [-0.2, -0.15) is 0 Å². The van der Waals surface area contributed by atoms with Crippen molar-refractivity contribution in [1.29, 1.82) is 0 Å². The highest BCUT2D eigenvalue weighted by Gasteiger charge is 2.36. The maximum absolute atomic E-state index is 13.0. The van der Waals surface area contributed by atoms with Gasteiger partial charge in [0, 0.05) is 15.7 Å². The number of carbonyl (C=O) groups is 1. The maximum Gasteiger partial charge on any atom is 0.338 e. The molecule has 1 aliphatic heterocycles. The second-order valence-electron chi connectivity index (χ2n) is 6.98. The number of hydrogen-bond donors (Lipinski definition) is 1. The SMILES string of the molecule is CC1=C(C(=O)OC(C)C)[C@@H](c2ccc(Cl)cc2Cl)n2c(nc3ccccc32)N1. The van der Waals surface area contributed by atoms with Gasteiger partial charge >= 0.3 is 5.97 Å². The third-order valence-corrected chi connectivity index (χ3v) is 5.21. The molecule has 0 aliphatic carbocycles. The lowest BCUT2D eigenvalue weighted by Crippen LogP contribution is -2.30. The molecule has 1 aliphatic rings. The van der Waals surface area contributed by atoms with E-state index >= 15 is 0 Å². The number of rotatable bonds is 3. The summed E-state index contributed by atoms with van der Waals surface area (Å²) in [6, 6.07) is 12.6. The van der Waals surface area contributed by atoms with Gasteiger partial charge in [0.2, 0.25) is 5.95 Å². The summed E-state index contributed by atoms with van der Waals surface area (Å²) in [5.74, 6) is 0.260. The van der Waals surface area contributed by atoms with Crippen LogP contribution in [0.2, 0.25) is 10.0 Å². The molecule has 4 rings (SSSR count).